The summed E-state index contributed by atoms with van der Waals surface area (Å²) in [5, 5.41) is 9.78. The first kappa shape index (κ1) is 12.7. The van der Waals surface area contributed by atoms with Crippen molar-refractivity contribution in [3.05, 3.63) is 34.6 Å². The van der Waals surface area contributed by atoms with Crippen molar-refractivity contribution in [1.82, 2.24) is 9.97 Å². The van der Waals surface area contributed by atoms with Crippen LogP contribution in [0.4, 0.5) is 0 Å². The number of carboxylic acid groups (broad SMARTS) is 1. The van der Waals surface area contributed by atoms with Crippen LogP contribution in [0.15, 0.2) is 18.5 Å². The Morgan fingerprint density at radius 3 is 2.94 bits per heavy atom. The maximum absolute atomic E-state index is 11.1. The molecule has 0 aliphatic heterocycles. The molecule has 0 aliphatic rings. The summed E-state index contributed by atoms with van der Waals surface area (Å²) in [5.41, 5.74) is 2.32. The Kier molecular flexibility index (Phi) is 3.69. The van der Waals surface area contributed by atoms with E-state index in [0.29, 0.717) is 10.7 Å². The Bertz CT molecular complexity index is 580. The van der Waals surface area contributed by atoms with E-state index >= 15 is 0 Å². The number of carboxylic acids is 1. The van der Waals surface area contributed by atoms with Gasteiger partial charge in [0.15, 0.2) is 0 Å². The molecule has 0 saturated carbocycles. The quantitative estimate of drug-likeness (QED) is 0.917. The van der Waals surface area contributed by atoms with Gasteiger partial charge in [-0.25, -0.2) is 9.78 Å². The summed E-state index contributed by atoms with van der Waals surface area (Å²) < 4.78 is 4.96. The van der Waals surface area contributed by atoms with Gasteiger partial charge in [0, 0.05) is 25.1 Å². The average molecular weight is 264 g/mol. The molecule has 0 aromatic carbocycles. The summed E-state index contributed by atoms with van der Waals surface area (Å²) in [7, 11) is 1.51. The molecule has 0 unspecified atom stereocenters. The summed E-state index contributed by atoms with van der Waals surface area (Å²) >= 11 is 1.14. The fraction of sp³-hybridized carbons (Fsp3) is 0.250. The Hall–Kier alpha value is -1.79. The number of rotatable bonds is 4. The van der Waals surface area contributed by atoms with Crippen LogP contribution in [0, 0.1) is 6.92 Å². The number of aromatic carboxylic acids is 1. The van der Waals surface area contributed by atoms with Crippen molar-refractivity contribution in [2.24, 2.45) is 0 Å². The van der Waals surface area contributed by atoms with Gasteiger partial charge in [0.05, 0.1) is 12.3 Å². The zero-order valence-corrected chi connectivity index (χ0v) is 10.8. The van der Waals surface area contributed by atoms with Gasteiger partial charge in [-0.05, 0) is 18.6 Å². The highest BCUT2D eigenvalue weighted by atomic mass is 32.1. The highest BCUT2D eigenvalue weighted by molar-refractivity contribution is 7.17. The van der Waals surface area contributed by atoms with Gasteiger partial charge in [0.25, 0.3) is 0 Å². The number of pyridine rings is 1. The van der Waals surface area contributed by atoms with Crippen molar-refractivity contribution < 1.29 is 14.6 Å². The predicted octanol–water partition coefficient (Wildman–Crippen LogP) is 2.36. The average Bonchev–Trinajstić information content (AvgIpc) is 2.74. The molecule has 2 aromatic heterocycles. The molecule has 0 aliphatic carbocycles. The number of methoxy groups -OCH3 is 1. The highest BCUT2D eigenvalue weighted by Crippen LogP contribution is 2.30. The minimum Gasteiger partial charge on any atom is -0.477 e. The maximum atomic E-state index is 11.1. The van der Waals surface area contributed by atoms with E-state index in [9.17, 15) is 4.79 Å². The Morgan fingerprint density at radius 1 is 1.56 bits per heavy atom. The monoisotopic (exact) mass is 264 g/mol. The molecule has 6 heteroatoms. The molecule has 2 heterocycles. The number of thiazole rings is 1. The number of aryl methyl sites for hydroxylation is 1. The maximum Gasteiger partial charge on any atom is 0.347 e. The van der Waals surface area contributed by atoms with Gasteiger partial charge >= 0.3 is 5.97 Å². The number of hydrogen-bond donors (Lipinski definition) is 1. The number of aromatic nitrogens is 2. The molecule has 0 bridgehead atoms. The van der Waals surface area contributed by atoms with Crippen molar-refractivity contribution in [1.29, 1.82) is 0 Å². The number of nitrogens with zero attached hydrogens (tertiary/aromatic N) is 2. The molecule has 2 aromatic rings. The number of hydrogen-bond acceptors (Lipinski definition) is 5. The number of carbonyl (C=O) groups is 1. The zero-order valence-electron chi connectivity index (χ0n) is 10.0. The van der Waals surface area contributed by atoms with Crippen LogP contribution >= 0.6 is 11.3 Å². The van der Waals surface area contributed by atoms with E-state index in [1.807, 2.05) is 13.0 Å². The second-order valence-electron chi connectivity index (χ2n) is 3.72. The molecule has 5 nitrogen and oxygen atoms in total. The van der Waals surface area contributed by atoms with Gasteiger partial charge in [0.1, 0.15) is 9.88 Å². The van der Waals surface area contributed by atoms with Crippen LogP contribution in [0.2, 0.25) is 0 Å². The lowest BCUT2D eigenvalue weighted by Crippen LogP contribution is -1.99. The minimum absolute atomic E-state index is 0.192. The second-order valence-corrected chi connectivity index (χ2v) is 4.72. The van der Waals surface area contributed by atoms with Crippen LogP contribution in [-0.2, 0) is 11.3 Å². The SMILES string of the molecule is COCc1nc(-c2cnccc2C)sc1C(=O)O. The molecule has 0 atom stereocenters. The van der Waals surface area contributed by atoms with E-state index in [1.165, 1.54) is 7.11 Å². The van der Waals surface area contributed by atoms with Crippen molar-refractivity contribution in [3.8, 4) is 10.6 Å². The van der Waals surface area contributed by atoms with E-state index in [2.05, 4.69) is 9.97 Å². The van der Waals surface area contributed by atoms with E-state index in [0.717, 1.165) is 22.5 Å². The van der Waals surface area contributed by atoms with Crippen LogP contribution in [0.1, 0.15) is 20.9 Å². The molecular formula is C12H12N2O3S. The lowest BCUT2D eigenvalue weighted by Gasteiger charge is -1.99. The molecule has 0 fully saturated rings. The van der Waals surface area contributed by atoms with Gasteiger partial charge < -0.3 is 9.84 Å². The Labute approximate surface area is 108 Å². The standard InChI is InChI=1S/C12H12N2O3S/c1-7-3-4-13-5-8(7)11-14-9(6-17-2)10(18-11)12(15)16/h3-5H,6H2,1-2H3,(H,15,16). The third-order valence-corrected chi connectivity index (χ3v) is 3.56. The van der Waals surface area contributed by atoms with E-state index in [4.69, 9.17) is 9.84 Å². The van der Waals surface area contributed by atoms with Crippen LogP contribution in [0.5, 0.6) is 0 Å². The highest BCUT2D eigenvalue weighted by Gasteiger charge is 2.18. The van der Waals surface area contributed by atoms with E-state index in [1.54, 1.807) is 12.4 Å². The molecule has 0 saturated heterocycles. The summed E-state index contributed by atoms with van der Waals surface area (Å²) in [6.07, 6.45) is 3.39. The summed E-state index contributed by atoms with van der Waals surface area (Å²) in [6, 6.07) is 1.87. The predicted molar refractivity (Wildman–Crippen MR) is 67.8 cm³/mol. The van der Waals surface area contributed by atoms with Crippen LogP contribution in [0.3, 0.4) is 0 Å². The van der Waals surface area contributed by atoms with Crippen LogP contribution < -0.4 is 0 Å². The summed E-state index contributed by atoms with van der Waals surface area (Å²) in [6.45, 7) is 2.13. The van der Waals surface area contributed by atoms with Crippen molar-refractivity contribution in [2.45, 2.75) is 13.5 Å². The summed E-state index contributed by atoms with van der Waals surface area (Å²) in [5.74, 6) is -0.979. The zero-order chi connectivity index (χ0) is 13.1. The van der Waals surface area contributed by atoms with Crippen molar-refractivity contribution in [3.63, 3.8) is 0 Å². The first-order valence-electron chi connectivity index (χ1n) is 5.26. The van der Waals surface area contributed by atoms with Crippen molar-refractivity contribution in [2.75, 3.05) is 7.11 Å². The van der Waals surface area contributed by atoms with Crippen molar-refractivity contribution >= 4 is 17.3 Å². The lowest BCUT2D eigenvalue weighted by atomic mass is 10.2. The Balaban J connectivity index is 2.50. The normalized spacial score (nSPS) is 10.6. The largest absolute Gasteiger partial charge is 0.477 e. The third-order valence-electron chi connectivity index (χ3n) is 2.44. The molecule has 0 amide bonds. The minimum atomic E-state index is -0.979. The number of ether oxygens (including phenoxy) is 1. The first-order chi connectivity index (χ1) is 8.63. The van der Waals surface area contributed by atoms with Gasteiger partial charge in [-0.15, -0.1) is 11.3 Å². The molecule has 2 rings (SSSR count). The molecule has 94 valence electrons. The first-order valence-corrected chi connectivity index (χ1v) is 6.08. The van der Waals surface area contributed by atoms with E-state index < -0.39 is 5.97 Å². The second kappa shape index (κ2) is 5.24. The van der Waals surface area contributed by atoms with Crippen LogP contribution in [0.25, 0.3) is 10.6 Å². The molecule has 18 heavy (non-hydrogen) atoms. The fourth-order valence-corrected chi connectivity index (χ4v) is 2.54. The Morgan fingerprint density at radius 2 is 2.33 bits per heavy atom. The molecular weight excluding hydrogens is 252 g/mol. The smallest absolute Gasteiger partial charge is 0.347 e. The fourth-order valence-electron chi connectivity index (χ4n) is 1.56. The molecule has 1 N–H and O–H groups in total. The van der Waals surface area contributed by atoms with Crippen LogP contribution in [-0.4, -0.2) is 28.2 Å². The molecule has 0 spiro atoms. The summed E-state index contributed by atoms with van der Waals surface area (Å²) in [4.78, 5) is 19.7. The third kappa shape index (κ3) is 2.39. The van der Waals surface area contributed by atoms with E-state index in [-0.39, 0.29) is 11.5 Å². The topological polar surface area (TPSA) is 72.3 Å². The van der Waals surface area contributed by atoms with Gasteiger partial charge in [-0.2, -0.15) is 0 Å². The van der Waals surface area contributed by atoms with Gasteiger partial charge in [-0.1, -0.05) is 0 Å². The lowest BCUT2D eigenvalue weighted by molar-refractivity contribution is 0.0697. The van der Waals surface area contributed by atoms with Gasteiger partial charge in [-0.3, -0.25) is 4.98 Å². The van der Waals surface area contributed by atoms with Gasteiger partial charge in [0.2, 0.25) is 0 Å². The molecule has 0 radical (unpaired) electrons.